The van der Waals surface area contributed by atoms with E-state index in [-0.39, 0.29) is 6.61 Å². The van der Waals surface area contributed by atoms with Gasteiger partial charge in [0.05, 0.1) is 5.52 Å². The first kappa shape index (κ1) is 13.8. The third-order valence-corrected chi connectivity index (χ3v) is 3.39. The molecule has 0 spiro atoms. The van der Waals surface area contributed by atoms with Crippen molar-refractivity contribution >= 4 is 16.6 Å². The van der Waals surface area contributed by atoms with Gasteiger partial charge in [-0.2, -0.15) is 0 Å². The van der Waals surface area contributed by atoms with Gasteiger partial charge in [-0.3, -0.25) is 4.98 Å². The van der Waals surface area contributed by atoms with Crippen LogP contribution in [0, 0.1) is 0 Å². The second-order valence-electron chi connectivity index (χ2n) is 4.74. The summed E-state index contributed by atoms with van der Waals surface area (Å²) in [5.41, 5.74) is 3.55. The van der Waals surface area contributed by atoms with Gasteiger partial charge in [0, 0.05) is 30.4 Å². The molecule has 1 heterocycles. The van der Waals surface area contributed by atoms with E-state index in [0.29, 0.717) is 0 Å². The van der Waals surface area contributed by atoms with Crippen LogP contribution in [0.15, 0.2) is 30.5 Å². The Balaban J connectivity index is 2.10. The maximum absolute atomic E-state index is 8.75. The van der Waals surface area contributed by atoms with Gasteiger partial charge in [0.25, 0.3) is 0 Å². The molecule has 0 atom stereocenters. The molecule has 1 aromatic heterocycles. The minimum absolute atomic E-state index is 0.290. The third kappa shape index (κ3) is 3.44. The lowest BCUT2D eigenvalue weighted by Crippen LogP contribution is -2.03. The summed E-state index contributed by atoms with van der Waals surface area (Å²) < 4.78 is 0. The molecule has 19 heavy (non-hydrogen) atoms. The fourth-order valence-electron chi connectivity index (χ4n) is 2.31. The molecule has 102 valence electrons. The van der Waals surface area contributed by atoms with Crippen LogP contribution in [0.5, 0.6) is 0 Å². The summed E-state index contributed by atoms with van der Waals surface area (Å²) in [5.74, 6) is 0. The highest BCUT2D eigenvalue weighted by atomic mass is 16.2. The van der Waals surface area contributed by atoms with Crippen LogP contribution < -0.4 is 5.32 Å². The van der Waals surface area contributed by atoms with Gasteiger partial charge in [-0.15, -0.1) is 0 Å². The molecule has 0 aliphatic carbocycles. The summed E-state index contributed by atoms with van der Waals surface area (Å²) in [6.45, 7) is 3.39. The Morgan fingerprint density at radius 2 is 2.05 bits per heavy atom. The van der Waals surface area contributed by atoms with Gasteiger partial charge < -0.3 is 10.4 Å². The van der Waals surface area contributed by atoms with Crippen molar-refractivity contribution in [3.8, 4) is 0 Å². The van der Waals surface area contributed by atoms with Crippen LogP contribution in [0.25, 0.3) is 10.9 Å². The van der Waals surface area contributed by atoms with E-state index in [0.717, 1.165) is 43.4 Å². The summed E-state index contributed by atoms with van der Waals surface area (Å²) in [5, 5.41) is 13.4. The van der Waals surface area contributed by atoms with Crippen molar-refractivity contribution in [3.63, 3.8) is 0 Å². The Kier molecular flexibility index (Phi) is 5.16. The molecule has 1 aromatic carbocycles. The van der Waals surface area contributed by atoms with E-state index in [4.69, 9.17) is 5.11 Å². The lowest BCUT2D eigenvalue weighted by molar-refractivity contribution is 0.283. The third-order valence-electron chi connectivity index (χ3n) is 3.39. The zero-order valence-electron chi connectivity index (χ0n) is 11.5. The molecule has 2 aromatic rings. The molecule has 2 rings (SSSR count). The summed E-state index contributed by atoms with van der Waals surface area (Å²) in [6, 6.07) is 8.39. The molecule has 0 bridgehead atoms. The number of unbranched alkanes of at least 4 members (excludes halogenated alkanes) is 2. The van der Waals surface area contributed by atoms with Gasteiger partial charge in [0.15, 0.2) is 0 Å². The number of rotatable bonds is 7. The number of aliphatic hydroxyl groups is 1. The smallest absolute Gasteiger partial charge is 0.0754 e. The summed E-state index contributed by atoms with van der Waals surface area (Å²) >= 11 is 0. The molecule has 0 fully saturated rings. The zero-order chi connectivity index (χ0) is 13.5. The SMILES string of the molecule is CCc1cccc2c(NCCCCCO)ccnc12. The van der Waals surface area contributed by atoms with Crippen LogP contribution in [0.3, 0.4) is 0 Å². The number of aromatic nitrogens is 1. The van der Waals surface area contributed by atoms with E-state index in [1.165, 1.54) is 10.9 Å². The van der Waals surface area contributed by atoms with Crippen molar-refractivity contribution in [3.05, 3.63) is 36.0 Å². The number of pyridine rings is 1. The second-order valence-corrected chi connectivity index (χ2v) is 4.74. The van der Waals surface area contributed by atoms with E-state index in [1.807, 2.05) is 12.3 Å². The van der Waals surface area contributed by atoms with Gasteiger partial charge in [-0.05, 0) is 37.3 Å². The zero-order valence-corrected chi connectivity index (χ0v) is 11.5. The predicted octanol–water partition coefficient (Wildman–Crippen LogP) is 3.37. The quantitative estimate of drug-likeness (QED) is 0.748. The molecule has 3 heteroatoms. The number of aliphatic hydroxyl groups excluding tert-OH is 1. The number of para-hydroxylation sites is 1. The van der Waals surface area contributed by atoms with E-state index in [2.05, 4.69) is 35.4 Å². The van der Waals surface area contributed by atoms with Crippen LogP contribution in [0.4, 0.5) is 5.69 Å². The van der Waals surface area contributed by atoms with Crippen LogP contribution in [0.1, 0.15) is 31.7 Å². The van der Waals surface area contributed by atoms with E-state index < -0.39 is 0 Å². The lowest BCUT2D eigenvalue weighted by Gasteiger charge is -2.11. The molecular weight excluding hydrogens is 236 g/mol. The summed E-state index contributed by atoms with van der Waals surface area (Å²) in [4.78, 5) is 4.50. The van der Waals surface area contributed by atoms with Gasteiger partial charge in [0.1, 0.15) is 0 Å². The molecule has 0 radical (unpaired) electrons. The Morgan fingerprint density at radius 1 is 1.16 bits per heavy atom. The number of fused-ring (bicyclic) bond motifs is 1. The highest BCUT2D eigenvalue weighted by molar-refractivity contribution is 5.92. The van der Waals surface area contributed by atoms with Crippen LogP contribution in [0.2, 0.25) is 0 Å². The number of nitrogens with one attached hydrogen (secondary N) is 1. The average molecular weight is 258 g/mol. The van der Waals surface area contributed by atoms with Crippen molar-refractivity contribution in [2.45, 2.75) is 32.6 Å². The fraction of sp³-hybridized carbons (Fsp3) is 0.438. The number of nitrogens with zero attached hydrogens (tertiary/aromatic N) is 1. The fourth-order valence-corrected chi connectivity index (χ4v) is 2.31. The van der Waals surface area contributed by atoms with E-state index in [1.54, 1.807) is 0 Å². The monoisotopic (exact) mass is 258 g/mol. The Bertz CT molecular complexity index is 525. The molecule has 0 aliphatic heterocycles. The highest BCUT2D eigenvalue weighted by Gasteiger charge is 2.04. The number of aryl methyl sites for hydroxylation is 1. The Morgan fingerprint density at radius 3 is 2.84 bits per heavy atom. The minimum atomic E-state index is 0.290. The number of hydrogen-bond donors (Lipinski definition) is 2. The van der Waals surface area contributed by atoms with Gasteiger partial charge in [-0.25, -0.2) is 0 Å². The van der Waals surface area contributed by atoms with Crippen molar-refractivity contribution in [2.75, 3.05) is 18.5 Å². The molecule has 0 saturated heterocycles. The van der Waals surface area contributed by atoms with Crippen LogP contribution >= 0.6 is 0 Å². The first-order valence-corrected chi connectivity index (χ1v) is 7.08. The number of anilines is 1. The van der Waals surface area contributed by atoms with Crippen molar-refractivity contribution in [2.24, 2.45) is 0 Å². The van der Waals surface area contributed by atoms with Crippen LogP contribution in [-0.4, -0.2) is 23.2 Å². The number of hydrogen-bond acceptors (Lipinski definition) is 3. The van der Waals surface area contributed by atoms with Gasteiger partial charge >= 0.3 is 0 Å². The Labute approximate surface area is 114 Å². The molecule has 0 unspecified atom stereocenters. The van der Waals surface area contributed by atoms with E-state index >= 15 is 0 Å². The minimum Gasteiger partial charge on any atom is -0.396 e. The maximum atomic E-state index is 8.75. The summed E-state index contributed by atoms with van der Waals surface area (Å²) in [6.07, 6.45) is 5.91. The summed E-state index contributed by atoms with van der Waals surface area (Å²) in [7, 11) is 0. The highest BCUT2D eigenvalue weighted by Crippen LogP contribution is 2.24. The maximum Gasteiger partial charge on any atom is 0.0754 e. The van der Waals surface area contributed by atoms with Crippen molar-refractivity contribution < 1.29 is 5.11 Å². The molecular formula is C16H22N2O. The Hall–Kier alpha value is -1.61. The topological polar surface area (TPSA) is 45.1 Å². The average Bonchev–Trinajstić information content (AvgIpc) is 2.46. The lowest BCUT2D eigenvalue weighted by atomic mass is 10.1. The first-order chi connectivity index (χ1) is 9.36. The molecule has 3 nitrogen and oxygen atoms in total. The van der Waals surface area contributed by atoms with Gasteiger partial charge in [0.2, 0.25) is 0 Å². The first-order valence-electron chi connectivity index (χ1n) is 7.08. The van der Waals surface area contributed by atoms with Crippen molar-refractivity contribution in [1.82, 2.24) is 4.98 Å². The molecule has 0 amide bonds. The normalized spacial score (nSPS) is 10.8. The van der Waals surface area contributed by atoms with Crippen LogP contribution in [-0.2, 0) is 6.42 Å². The standard InChI is InChI=1S/C16H22N2O/c1-2-13-7-6-8-14-15(9-11-18-16(13)14)17-10-4-3-5-12-19/h6-9,11,19H,2-5,10,12H2,1H3,(H,17,18). The molecule has 0 aliphatic rings. The van der Waals surface area contributed by atoms with E-state index in [9.17, 15) is 0 Å². The molecule has 0 saturated carbocycles. The largest absolute Gasteiger partial charge is 0.396 e. The van der Waals surface area contributed by atoms with Gasteiger partial charge in [-0.1, -0.05) is 25.1 Å². The second kappa shape index (κ2) is 7.10. The number of benzene rings is 1. The molecule has 2 N–H and O–H groups in total. The van der Waals surface area contributed by atoms with Crippen molar-refractivity contribution in [1.29, 1.82) is 0 Å². The predicted molar refractivity (Wildman–Crippen MR) is 80.5 cm³/mol.